The minimum atomic E-state index is -0.851. The summed E-state index contributed by atoms with van der Waals surface area (Å²) in [6.45, 7) is 7.80. The van der Waals surface area contributed by atoms with Gasteiger partial charge in [-0.3, -0.25) is 0 Å². The van der Waals surface area contributed by atoms with E-state index in [1.165, 1.54) is 0 Å². The van der Waals surface area contributed by atoms with E-state index in [0.717, 1.165) is 5.56 Å². The highest BCUT2D eigenvalue weighted by Crippen LogP contribution is 2.19. The molecule has 1 aromatic carbocycles. The molecule has 1 rings (SSSR count). The molecule has 16 heavy (non-hydrogen) atoms. The molecule has 0 aromatic heterocycles. The molecule has 0 aliphatic heterocycles. The lowest BCUT2D eigenvalue weighted by atomic mass is 9.96. The highest BCUT2D eigenvalue weighted by atomic mass is 16.5. The Hall–Kier alpha value is -1.12. The number of rotatable bonds is 6. The minimum absolute atomic E-state index is 0.217. The lowest BCUT2D eigenvalue weighted by Gasteiger charge is -2.29. The van der Waals surface area contributed by atoms with Crippen molar-refractivity contribution < 1.29 is 9.84 Å². The molecule has 0 aliphatic rings. The zero-order valence-electron chi connectivity index (χ0n) is 10.0. The Morgan fingerprint density at radius 3 is 2.62 bits per heavy atom. The molecule has 1 aromatic rings. The molecule has 0 aliphatic carbocycles. The molecule has 2 nitrogen and oxygen atoms in total. The topological polar surface area (TPSA) is 29.5 Å². The summed E-state index contributed by atoms with van der Waals surface area (Å²) in [5.74, 6) is 0. The zero-order valence-corrected chi connectivity index (χ0v) is 10.0. The predicted octanol–water partition coefficient (Wildman–Crippen LogP) is 2.92. The second-order valence-electron chi connectivity index (χ2n) is 4.29. The van der Waals surface area contributed by atoms with Crippen LogP contribution >= 0.6 is 0 Å². The number of hydrogen-bond donors (Lipinski definition) is 1. The highest BCUT2D eigenvalue weighted by molar-refractivity contribution is 5.13. The molecule has 0 radical (unpaired) electrons. The summed E-state index contributed by atoms with van der Waals surface area (Å²) >= 11 is 0. The van der Waals surface area contributed by atoms with Crippen molar-refractivity contribution in [2.45, 2.75) is 38.6 Å². The fourth-order valence-electron chi connectivity index (χ4n) is 1.43. The number of benzene rings is 1. The zero-order chi connectivity index (χ0) is 12.0. The third-order valence-electron chi connectivity index (χ3n) is 2.78. The maximum absolute atomic E-state index is 10.1. The summed E-state index contributed by atoms with van der Waals surface area (Å²) in [6, 6.07) is 9.95. The van der Waals surface area contributed by atoms with Crippen LogP contribution in [0.2, 0.25) is 0 Å². The second kappa shape index (κ2) is 5.83. The van der Waals surface area contributed by atoms with Crippen molar-refractivity contribution in [1.82, 2.24) is 0 Å². The third-order valence-corrected chi connectivity index (χ3v) is 2.78. The highest BCUT2D eigenvalue weighted by Gasteiger charge is 2.27. The maximum Gasteiger partial charge on any atom is 0.0911 e. The summed E-state index contributed by atoms with van der Waals surface area (Å²) in [7, 11) is 0. The molecule has 1 N–H and O–H groups in total. The van der Waals surface area contributed by atoms with E-state index in [2.05, 4.69) is 6.58 Å². The Bertz CT molecular complexity index is 317. The van der Waals surface area contributed by atoms with Crippen molar-refractivity contribution in [3.8, 4) is 0 Å². The molecule has 0 spiro atoms. The van der Waals surface area contributed by atoms with Crippen LogP contribution in [0.3, 0.4) is 0 Å². The van der Waals surface area contributed by atoms with Gasteiger partial charge in [0.25, 0.3) is 0 Å². The lowest BCUT2D eigenvalue weighted by Crippen LogP contribution is -2.38. The van der Waals surface area contributed by atoms with Crippen LogP contribution in [0.25, 0.3) is 0 Å². The fraction of sp³-hybridized carbons (Fsp3) is 0.429. The molecule has 0 heterocycles. The van der Waals surface area contributed by atoms with Crippen LogP contribution in [0, 0.1) is 0 Å². The van der Waals surface area contributed by atoms with Gasteiger partial charge in [-0.25, -0.2) is 0 Å². The van der Waals surface area contributed by atoms with Gasteiger partial charge in [0.05, 0.1) is 18.3 Å². The Morgan fingerprint density at radius 2 is 2.06 bits per heavy atom. The van der Waals surface area contributed by atoms with Crippen molar-refractivity contribution in [3.05, 3.63) is 48.6 Å². The average molecular weight is 220 g/mol. The largest absolute Gasteiger partial charge is 0.387 e. The van der Waals surface area contributed by atoms with Gasteiger partial charge >= 0.3 is 0 Å². The monoisotopic (exact) mass is 220 g/mol. The molecule has 0 amide bonds. The number of ether oxygens (including phenoxy) is 1. The second-order valence-corrected chi connectivity index (χ2v) is 4.29. The average Bonchev–Trinajstić information content (AvgIpc) is 2.27. The van der Waals surface area contributed by atoms with E-state index in [1.807, 2.05) is 37.3 Å². The van der Waals surface area contributed by atoms with Crippen molar-refractivity contribution >= 4 is 0 Å². The van der Waals surface area contributed by atoms with Crippen LogP contribution in [-0.2, 0) is 11.3 Å². The van der Waals surface area contributed by atoms with E-state index in [0.29, 0.717) is 13.0 Å². The van der Waals surface area contributed by atoms with Crippen LogP contribution in [0.1, 0.15) is 25.8 Å². The van der Waals surface area contributed by atoms with Crippen molar-refractivity contribution in [2.24, 2.45) is 0 Å². The van der Waals surface area contributed by atoms with Gasteiger partial charge in [0.2, 0.25) is 0 Å². The first-order chi connectivity index (χ1) is 7.56. The van der Waals surface area contributed by atoms with Crippen LogP contribution < -0.4 is 0 Å². The third kappa shape index (κ3) is 3.80. The van der Waals surface area contributed by atoms with Crippen LogP contribution in [0.4, 0.5) is 0 Å². The smallest absolute Gasteiger partial charge is 0.0911 e. The Balaban J connectivity index is 2.46. The molecule has 0 saturated carbocycles. The Labute approximate surface area is 97.6 Å². The molecule has 88 valence electrons. The van der Waals surface area contributed by atoms with Gasteiger partial charge in [0.15, 0.2) is 0 Å². The summed E-state index contributed by atoms with van der Waals surface area (Å²) < 4.78 is 5.65. The standard InChI is InChI=1S/C14H20O2/c1-4-10-14(3,15)12(2)16-11-13-8-6-5-7-9-13/h4-9,12,15H,1,10-11H2,2-3H3/t12-,14-/m0/s1. The van der Waals surface area contributed by atoms with Crippen LogP contribution in [0.15, 0.2) is 43.0 Å². The summed E-state index contributed by atoms with van der Waals surface area (Å²) in [5.41, 5.74) is 0.264. The Kier molecular flexibility index (Phi) is 4.71. The van der Waals surface area contributed by atoms with Crippen LogP contribution in [-0.4, -0.2) is 16.8 Å². The first kappa shape index (κ1) is 12.9. The molecule has 0 saturated heterocycles. The molecule has 0 fully saturated rings. The maximum atomic E-state index is 10.1. The first-order valence-corrected chi connectivity index (χ1v) is 5.55. The molecule has 2 heteroatoms. The van der Waals surface area contributed by atoms with Gasteiger partial charge in [0, 0.05) is 0 Å². The van der Waals surface area contributed by atoms with Crippen molar-refractivity contribution in [1.29, 1.82) is 0 Å². The van der Waals surface area contributed by atoms with Crippen LogP contribution in [0.5, 0.6) is 0 Å². The summed E-state index contributed by atoms with van der Waals surface area (Å²) in [4.78, 5) is 0. The van der Waals surface area contributed by atoms with Gasteiger partial charge in [-0.1, -0.05) is 36.4 Å². The van der Waals surface area contributed by atoms with Gasteiger partial charge in [0.1, 0.15) is 0 Å². The SMILES string of the molecule is C=CC[C@](C)(O)[C@H](C)OCc1ccccc1. The number of aliphatic hydroxyl groups is 1. The molecular weight excluding hydrogens is 200 g/mol. The first-order valence-electron chi connectivity index (χ1n) is 5.55. The number of hydrogen-bond acceptors (Lipinski definition) is 2. The van der Waals surface area contributed by atoms with Gasteiger partial charge in [-0.2, -0.15) is 0 Å². The predicted molar refractivity (Wildman–Crippen MR) is 66.1 cm³/mol. The molecule has 2 atom stereocenters. The summed E-state index contributed by atoms with van der Waals surface area (Å²) in [5, 5.41) is 10.1. The van der Waals surface area contributed by atoms with Crippen molar-refractivity contribution in [2.75, 3.05) is 0 Å². The normalized spacial score (nSPS) is 16.4. The minimum Gasteiger partial charge on any atom is -0.387 e. The molecule has 0 unspecified atom stereocenters. The molecule has 0 bridgehead atoms. The van der Waals surface area contributed by atoms with Gasteiger partial charge in [-0.05, 0) is 25.8 Å². The van der Waals surface area contributed by atoms with Gasteiger partial charge in [-0.15, -0.1) is 6.58 Å². The van der Waals surface area contributed by atoms with E-state index >= 15 is 0 Å². The van der Waals surface area contributed by atoms with Crippen molar-refractivity contribution in [3.63, 3.8) is 0 Å². The van der Waals surface area contributed by atoms with Gasteiger partial charge < -0.3 is 9.84 Å². The van der Waals surface area contributed by atoms with E-state index in [1.54, 1.807) is 13.0 Å². The van der Waals surface area contributed by atoms with E-state index in [9.17, 15) is 5.11 Å². The Morgan fingerprint density at radius 1 is 1.44 bits per heavy atom. The lowest BCUT2D eigenvalue weighted by molar-refractivity contribution is -0.0938. The quantitative estimate of drug-likeness (QED) is 0.747. The van der Waals surface area contributed by atoms with E-state index in [4.69, 9.17) is 4.74 Å². The van der Waals surface area contributed by atoms with E-state index in [-0.39, 0.29) is 6.10 Å². The molecular formula is C14H20O2. The van der Waals surface area contributed by atoms with E-state index < -0.39 is 5.60 Å². The fourth-order valence-corrected chi connectivity index (χ4v) is 1.43. The summed E-state index contributed by atoms with van der Waals surface area (Å²) in [6.07, 6.45) is 2.02.